The van der Waals surface area contributed by atoms with Crippen LogP contribution in [0.2, 0.25) is 0 Å². The zero-order chi connectivity index (χ0) is 17.8. The maximum absolute atomic E-state index is 12.6. The van der Waals surface area contributed by atoms with Crippen molar-refractivity contribution in [1.82, 2.24) is 9.88 Å². The first-order valence-corrected chi connectivity index (χ1v) is 7.91. The summed E-state index contributed by atoms with van der Waals surface area (Å²) < 4.78 is 10.0. The maximum Gasteiger partial charge on any atom is 0.340 e. The highest BCUT2D eigenvalue weighted by Gasteiger charge is 2.19. The minimum atomic E-state index is -0.526. The molecule has 1 saturated heterocycles. The molecule has 0 unspecified atom stereocenters. The van der Waals surface area contributed by atoms with Crippen molar-refractivity contribution in [2.75, 3.05) is 39.1 Å². The number of methoxy groups -OCH3 is 1. The normalized spacial score (nSPS) is 14.2. The van der Waals surface area contributed by atoms with Crippen molar-refractivity contribution in [1.29, 1.82) is 0 Å². The van der Waals surface area contributed by atoms with Gasteiger partial charge in [0.25, 0.3) is 5.91 Å². The average Bonchev–Trinajstić information content (AvgIpc) is 2.68. The fourth-order valence-corrected chi connectivity index (χ4v) is 2.67. The summed E-state index contributed by atoms with van der Waals surface area (Å²) in [5, 5.41) is 0. The Hall–Kier alpha value is -2.93. The predicted octanol–water partition coefficient (Wildman–Crippen LogP) is 1.59. The number of aromatic nitrogens is 1. The molecular weight excluding hydrogens is 322 g/mol. The van der Waals surface area contributed by atoms with Crippen molar-refractivity contribution in [3.63, 3.8) is 0 Å². The lowest BCUT2D eigenvalue weighted by Crippen LogP contribution is -2.40. The van der Waals surface area contributed by atoms with E-state index in [0.29, 0.717) is 37.6 Å². The van der Waals surface area contributed by atoms with Gasteiger partial charge in [-0.2, -0.15) is 0 Å². The number of carbonyl (C=O) groups excluding carboxylic acids is 2. The number of nitrogens with zero attached hydrogens (tertiary/aromatic N) is 2. The lowest BCUT2D eigenvalue weighted by atomic mass is 10.0. The van der Waals surface area contributed by atoms with Crippen molar-refractivity contribution < 1.29 is 19.1 Å². The van der Waals surface area contributed by atoms with Gasteiger partial charge >= 0.3 is 5.97 Å². The Labute approximate surface area is 145 Å². The first-order valence-electron chi connectivity index (χ1n) is 7.91. The molecule has 25 heavy (non-hydrogen) atoms. The van der Waals surface area contributed by atoms with E-state index in [1.165, 1.54) is 13.3 Å². The fourth-order valence-electron chi connectivity index (χ4n) is 2.67. The second kappa shape index (κ2) is 7.31. The van der Waals surface area contributed by atoms with E-state index in [4.69, 9.17) is 15.2 Å². The molecule has 0 aliphatic carbocycles. The number of anilines is 1. The molecule has 7 nitrogen and oxygen atoms in total. The molecule has 0 saturated carbocycles. The van der Waals surface area contributed by atoms with Gasteiger partial charge in [-0.15, -0.1) is 0 Å². The topological polar surface area (TPSA) is 94.8 Å². The minimum Gasteiger partial charge on any atom is -0.465 e. The summed E-state index contributed by atoms with van der Waals surface area (Å²) in [6.07, 6.45) is 1.41. The minimum absolute atomic E-state index is 0.0474. The number of ether oxygens (including phenoxy) is 2. The van der Waals surface area contributed by atoms with Crippen LogP contribution in [0.15, 0.2) is 36.5 Å². The van der Waals surface area contributed by atoms with E-state index in [1.54, 1.807) is 29.2 Å². The molecule has 0 bridgehead atoms. The summed E-state index contributed by atoms with van der Waals surface area (Å²) in [6, 6.07) is 8.71. The molecule has 2 aromatic rings. The van der Waals surface area contributed by atoms with Gasteiger partial charge in [0.1, 0.15) is 0 Å². The SMILES string of the molecule is COC(=O)c1cc(-c2cccc(C(=O)N3CCOCC3)c2)ncc1N. The molecule has 1 amide bonds. The molecule has 1 aliphatic rings. The Morgan fingerprint density at radius 1 is 1.24 bits per heavy atom. The molecule has 2 N–H and O–H groups in total. The van der Waals surface area contributed by atoms with Gasteiger partial charge < -0.3 is 20.1 Å². The van der Waals surface area contributed by atoms with Crippen molar-refractivity contribution in [2.24, 2.45) is 0 Å². The second-order valence-corrected chi connectivity index (χ2v) is 5.63. The number of amides is 1. The number of pyridine rings is 1. The molecule has 2 heterocycles. The van der Waals surface area contributed by atoms with E-state index in [-0.39, 0.29) is 17.2 Å². The van der Waals surface area contributed by atoms with Crippen molar-refractivity contribution >= 4 is 17.6 Å². The van der Waals surface area contributed by atoms with Crippen molar-refractivity contribution in [2.45, 2.75) is 0 Å². The molecule has 3 rings (SSSR count). The lowest BCUT2D eigenvalue weighted by Gasteiger charge is -2.27. The summed E-state index contributed by atoms with van der Waals surface area (Å²) in [6.45, 7) is 2.26. The van der Waals surface area contributed by atoms with Crippen LogP contribution < -0.4 is 5.73 Å². The third kappa shape index (κ3) is 3.61. The zero-order valence-corrected chi connectivity index (χ0v) is 13.9. The number of hydrogen-bond acceptors (Lipinski definition) is 6. The molecule has 130 valence electrons. The zero-order valence-electron chi connectivity index (χ0n) is 13.9. The van der Waals surface area contributed by atoms with E-state index in [9.17, 15) is 9.59 Å². The van der Waals surface area contributed by atoms with Gasteiger partial charge in [-0.1, -0.05) is 12.1 Å². The lowest BCUT2D eigenvalue weighted by molar-refractivity contribution is 0.0303. The van der Waals surface area contributed by atoms with Crippen LogP contribution in [0.1, 0.15) is 20.7 Å². The number of rotatable bonds is 3. The average molecular weight is 341 g/mol. The third-order valence-corrected chi connectivity index (χ3v) is 4.04. The van der Waals surface area contributed by atoms with Crippen molar-refractivity contribution in [3.05, 3.63) is 47.7 Å². The number of nitrogens with two attached hydrogens (primary N) is 1. The van der Waals surface area contributed by atoms with Gasteiger partial charge in [0, 0.05) is 24.2 Å². The highest BCUT2D eigenvalue weighted by atomic mass is 16.5. The van der Waals surface area contributed by atoms with Gasteiger partial charge in [-0.3, -0.25) is 9.78 Å². The van der Waals surface area contributed by atoms with E-state index in [1.807, 2.05) is 6.07 Å². The summed E-state index contributed by atoms with van der Waals surface area (Å²) in [4.78, 5) is 30.4. The Morgan fingerprint density at radius 3 is 2.72 bits per heavy atom. The number of carbonyl (C=O) groups is 2. The largest absolute Gasteiger partial charge is 0.465 e. The molecular formula is C18H19N3O4. The molecule has 0 spiro atoms. The van der Waals surface area contributed by atoms with Crippen LogP contribution in [0.3, 0.4) is 0 Å². The Kier molecular flexibility index (Phi) is 4.95. The molecule has 0 radical (unpaired) electrons. The van der Waals surface area contributed by atoms with E-state index < -0.39 is 5.97 Å². The number of nitrogen functional groups attached to an aromatic ring is 1. The van der Waals surface area contributed by atoms with Crippen LogP contribution in [-0.2, 0) is 9.47 Å². The molecule has 1 aliphatic heterocycles. The molecule has 1 fully saturated rings. The first-order chi connectivity index (χ1) is 12.1. The monoisotopic (exact) mass is 341 g/mol. The molecule has 7 heteroatoms. The van der Waals surface area contributed by atoms with Crippen LogP contribution in [0.4, 0.5) is 5.69 Å². The first kappa shape index (κ1) is 16.9. The predicted molar refractivity (Wildman–Crippen MR) is 92.1 cm³/mol. The Bertz CT molecular complexity index is 801. The van der Waals surface area contributed by atoms with Crippen LogP contribution >= 0.6 is 0 Å². The van der Waals surface area contributed by atoms with Gasteiger partial charge in [-0.05, 0) is 18.2 Å². The molecule has 0 atom stereocenters. The van der Waals surface area contributed by atoms with Crippen LogP contribution in [0, 0.1) is 0 Å². The maximum atomic E-state index is 12.6. The van der Waals surface area contributed by atoms with Gasteiger partial charge in [0.15, 0.2) is 0 Å². The summed E-state index contributed by atoms with van der Waals surface area (Å²) in [5.41, 5.74) is 8.12. The number of morpholine rings is 1. The number of benzene rings is 1. The second-order valence-electron chi connectivity index (χ2n) is 5.63. The Balaban J connectivity index is 1.91. The summed E-state index contributed by atoms with van der Waals surface area (Å²) >= 11 is 0. The van der Waals surface area contributed by atoms with Crippen molar-refractivity contribution in [3.8, 4) is 11.3 Å². The molecule has 1 aromatic heterocycles. The number of hydrogen-bond donors (Lipinski definition) is 1. The third-order valence-electron chi connectivity index (χ3n) is 4.04. The smallest absolute Gasteiger partial charge is 0.340 e. The van der Waals surface area contributed by atoms with Crippen LogP contribution in [-0.4, -0.2) is 55.2 Å². The van der Waals surface area contributed by atoms with E-state index >= 15 is 0 Å². The highest BCUT2D eigenvalue weighted by molar-refractivity contribution is 5.97. The van der Waals surface area contributed by atoms with E-state index in [2.05, 4.69) is 4.98 Å². The molecule has 1 aromatic carbocycles. The Morgan fingerprint density at radius 2 is 2.00 bits per heavy atom. The van der Waals surface area contributed by atoms with Crippen LogP contribution in [0.5, 0.6) is 0 Å². The van der Waals surface area contributed by atoms with Crippen LogP contribution in [0.25, 0.3) is 11.3 Å². The fraction of sp³-hybridized carbons (Fsp3) is 0.278. The van der Waals surface area contributed by atoms with E-state index in [0.717, 1.165) is 5.56 Å². The summed E-state index contributed by atoms with van der Waals surface area (Å²) in [5.74, 6) is -0.574. The van der Waals surface area contributed by atoms with Gasteiger partial charge in [0.2, 0.25) is 0 Å². The standard InChI is InChI=1S/C18H19N3O4/c1-24-18(23)14-10-16(20-11-15(14)19)12-3-2-4-13(9-12)17(22)21-5-7-25-8-6-21/h2-4,9-11H,5-8,19H2,1H3. The highest BCUT2D eigenvalue weighted by Crippen LogP contribution is 2.23. The number of esters is 1. The quantitative estimate of drug-likeness (QED) is 0.852. The summed E-state index contributed by atoms with van der Waals surface area (Å²) in [7, 11) is 1.30. The van der Waals surface area contributed by atoms with Gasteiger partial charge in [-0.25, -0.2) is 4.79 Å². The van der Waals surface area contributed by atoms with Gasteiger partial charge in [0.05, 0.1) is 43.5 Å².